The molecule has 1 atom stereocenters. The number of methoxy groups -OCH3 is 1. The van der Waals surface area contributed by atoms with E-state index in [1.165, 1.54) is 0 Å². The molecule has 6 nitrogen and oxygen atoms in total. The first kappa shape index (κ1) is 16.8. The molecular weight excluding hydrogens is 348 g/mol. The maximum absolute atomic E-state index is 12.6. The topological polar surface area (TPSA) is 71.1 Å². The summed E-state index contributed by atoms with van der Waals surface area (Å²) in [7, 11) is 1.62. The standard InChI is InChI=1S/C19H20N4O2S/c1-11-18(26-12(2)21-11)14-9-20-19(22-14)13-8-17(24)23(10-13)15-6-4-5-7-16(15)25-3/h4-7,9,13H,8,10H2,1-3H3,(H,20,22). The molecule has 0 radical (unpaired) electrons. The van der Waals surface area contributed by atoms with E-state index < -0.39 is 0 Å². The third-order valence-corrected chi connectivity index (χ3v) is 5.74. The number of imidazole rings is 1. The van der Waals surface area contributed by atoms with E-state index in [2.05, 4.69) is 15.0 Å². The quantitative estimate of drug-likeness (QED) is 0.763. The van der Waals surface area contributed by atoms with Crippen molar-refractivity contribution in [1.82, 2.24) is 15.0 Å². The van der Waals surface area contributed by atoms with Gasteiger partial charge in [0.25, 0.3) is 0 Å². The molecule has 2 aromatic heterocycles. The molecule has 0 saturated carbocycles. The fraction of sp³-hybridized carbons (Fsp3) is 0.316. The van der Waals surface area contributed by atoms with Gasteiger partial charge in [-0.1, -0.05) is 12.1 Å². The lowest BCUT2D eigenvalue weighted by Crippen LogP contribution is -2.24. The van der Waals surface area contributed by atoms with E-state index in [0.717, 1.165) is 32.8 Å². The van der Waals surface area contributed by atoms with Gasteiger partial charge in [0.1, 0.15) is 11.6 Å². The third kappa shape index (κ3) is 2.88. The molecule has 1 N–H and O–H groups in total. The van der Waals surface area contributed by atoms with E-state index in [4.69, 9.17) is 4.74 Å². The number of hydrogen-bond acceptors (Lipinski definition) is 5. The van der Waals surface area contributed by atoms with Gasteiger partial charge in [0.15, 0.2) is 0 Å². The van der Waals surface area contributed by atoms with E-state index in [-0.39, 0.29) is 11.8 Å². The first-order valence-corrected chi connectivity index (χ1v) is 9.31. The molecule has 0 spiro atoms. The minimum absolute atomic E-state index is 0.0375. The van der Waals surface area contributed by atoms with Crippen molar-refractivity contribution in [3.63, 3.8) is 0 Å². The molecule has 0 bridgehead atoms. The molecule has 1 fully saturated rings. The molecule has 1 unspecified atom stereocenters. The van der Waals surface area contributed by atoms with Crippen molar-refractivity contribution in [2.24, 2.45) is 0 Å². The van der Waals surface area contributed by atoms with Crippen molar-refractivity contribution in [3.8, 4) is 16.3 Å². The van der Waals surface area contributed by atoms with Crippen LogP contribution in [0.3, 0.4) is 0 Å². The Morgan fingerprint density at radius 1 is 1.31 bits per heavy atom. The first-order chi connectivity index (χ1) is 12.6. The highest BCUT2D eigenvalue weighted by atomic mass is 32.1. The van der Waals surface area contributed by atoms with Crippen LogP contribution in [0.2, 0.25) is 0 Å². The van der Waals surface area contributed by atoms with Crippen molar-refractivity contribution in [1.29, 1.82) is 0 Å². The number of nitrogens with one attached hydrogen (secondary N) is 1. The van der Waals surface area contributed by atoms with Gasteiger partial charge in [-0.15, -0.1) is 11.3 Å². The monoisotopic (exact) mass is 368 g/mol. The zero-order valence-corrected chi connectivity index (χ0v) is 15.8. The lowest BCUT2D eigenvalue weighted by Gasteiger charge is -2.19. The Balaban J connectivity index is 1.59. The molecule has 1 aliphatic heterocycles. The van der Waals surface area contributed by atoms with Gasteiger partial charge < -0.3 is 14.6 Å². The van der Waals surface area contributed by atoms with Crippen LogP contribution in [0.15, 0.2) is 30.5 Å². The number of anilines is 1. The predicted octanol–water partition coefficient (Wildman–Crippen LogP) is 3.68. The number of carbonyl (C=O) groups excluding carboxylic acids is 1. The molecule has 26 heavy (non-hydrogen) atoms. The Hall–Kier alpha value is -2.67. The lowest BCUT2D eigenvalue weighted by atomic mass is 10.1. The number of ether oxygens (including phenoxy) is 1. The minimum atomic E-state index is 0.0375. The molecule has 0 aliphatic carbocycles. The van der Waals surface area contributed by atoms with Gasteiger partial charge in [-0.2, -0.15) is 0 Å². The maximum atomic E-state index is 12.6. The summed E-state index contributed by atoms with van der Waals surface area (Å²) in [6.07, 6.45) is 2.28. The average molecular weight is 368 g/mol. The Morgan fingerprint density at radius 3 is 2.85 bits per heavy atom. The van der Waals surface area contributed by atoms with Crippen molar-refractivity contribution in [2.45, 2.75) is 26.2 Å². The highest BCUT2D eigenvalue weighted by Crippen LogP contribution is 2.36. The van der Waals surface area contributed by atoms with Gasteiger partial charge in [-0.05, 0) is 26.0 Å². The largest absolute Gasteiger partial charge is 0.495 e. The normalized spacial score (nSPS) is 17.1. The fourth-order valence-electron chi connectivity index (χ4n) is 3.42. The number of aryl methyl sites for hydroxylation is 2. The second-order valence-electron chi connectivity index (χ2n) is 6.41. The van der Waals surface area contributed by atoms with Gasteiger partial charge in [-0.25, -0.2) is 9.97 Å². The summed E-state index contributed by atoms with van der Waals surface area (Å²) in [6, 6.07) is 7.60. The van der Waals surface area contributed by atoms with Crippen LogP contribution >= 0.6 is 11.3 Å². The van der Waals surface area contributed by atoms with Crippen molar-refractivity contribution in [2.75, 3.05) is 18.6 Å². The second kappa shape index (κ2) is 6.57. The van der Waals surface area contributed by atoms with Crippen molar-refractivity contribution < 1.29 is 9.53 Å². The van der Waals surface area contributed by atoms with E-state index in [0.29, 0.717) is 18.7 Å². The zero-order valence-electron chi connectivity index (χ0n) is 14.9. The molecule has 134 valence electrons. The number of thiazole rings is 1. The van der Waals surface area contributed by atoms with Crippen molar-refractivity contribution >= 4 is 22.9 Å². The van der Waals surface area contributed by atoms with Gasteiger partial charge >= 0.3 is 0 Å². The first-order valence-electron chi connectivity index (χ1n) is 8.49. The van der Waals surface area contributed by atoms with Crippen molar-refractivity contribution in [3.05, 3.63) is 47.0 Å². The zero-order chi connectivity index (χ0) is 18.3. The number of amides is 1. The summed E-state index contributed by atoms with van der Waals surface area (Å²) in [5.74, 6) is 1.67. The Bertz CT molecular complexity index is 962. The van der Waals surface area contributed by atoms with Crippen LogP contribution < -0.4 is 9.64 Å². The SMILES string of the molecule is COc1ccccc1N1CC(c2ncc(-c3sc(C)nc3C)[nH]2)CC1=O. The van der Waals surface area contributed by atoms with E-state index in [9.17, 15) is 4.79 Å². The molecule has 1 saturated heterocycles. The molecule has 7 heteroatoms. The number of aromatic amines is 1. The van der Waals surface area contributed by atoms with Gasteiger partial charge in [-0.3, -0.25) is 4.79 Å². The number of para-hydroxylation sites is 2. The van der Waals surface area contributed by atoms with Crippen LogP contribution in [0.1, 0.15) is 28.9 Å². The molecule has 1 aromatic carbocycles. The number of benzene rings is 1. The number of hydrogen-bond donors (Lipinski definition) is 1. The van der Waals surface area contributed by atoms with Gasteiger partial charge in [0, 0.05) is 18.9 Å². The highest BCUT2D eigenvalue weighted by molar-refractivity contribution is 7.15. The second-order valence-corrected chi connectivity index (χ2v) is 7.61. The summed E-state index contributed by atoms with van der Waals surface area (Å²) in [5.41, 5.74) is 2.77. The molecule has 1 amide bonds. The molecule has 1 aliphatic rings. The summed E-state index contributed by atoms with van der Waals surface area (Å²) in [5, 5.41) is 1.03. The summed E-state index contributed by atoms with van der Waals surface area (Å²) in [6.45, 7) is 4.59. The van der Waals surface area contributed by atoms with E-state index in [1.54, 1.807) is 23.3 Å². The van der Waals surface area contributed by atoms with Gasteiger partial charge in [0.05, 0.1) is 40.3 Å². The molecule has 3 heterocycles. The van der Waals surface area contributed by atoms with Crippen LogP contribution in [-0.4, -0.2) is 34.5 Å². The fourth-order valence-corrected chi connectivity index (χ4v) is 4.30. The van der Waals surface area contributed by atoms with Crippen LogP contribution in [0.4, 0.5) is 5.69 Å². The number of aromatic nitrogens is 3. The Labute approximate surface area is 155 Å². The summed E-state index contributed by atoms with van der Waals surface area (Å²) in [4.78, 5) is 27.9. The highest BCUT2D eigenvalue weighted by Gasteiger charge is 2.34. The lowest BCUT2D eigenvalue weighted by molar-refractivity contribution is -0.117. The molecular formula is C19H20N4O2S. The maximum Gasteiger partial charge on any atom is 0.227 e. The number of carbonyl (C=O) groups is 1. The predicted molar refractivity (Wildman–Crippen MR) is 102 cm³/mol. The number of nitrogens with zero attached hydrogens (tertiary/aromatic N) is 3. The smallest absolute Gasteiger partial charge is 0.227 e. The average Bonchev–Trinajstić information content (AvgIpc) is 3.33. The van der Waals surface area contributed by atoms with Gasteiger partial charge in [0.2, 0.25) is 5.91 Å². The van der Waals surface area contributed by atoms with Crippen LogP contribution in [0.5, 0.6) is 5.75 Å². The molecule has 3 aromatic rings. The Morgan fingerprint density at radius 2 is 2.12 bits per heavy atom. The summed E-state index contributed by atoms with van der Waals surface area (Å²) < 4.78 is 5.40. The van der Waals surface area contributed by atoms with Crippen LogP contribution in [0, 0.1) is 13.8 Å². The van der Waals surface area contributed by atoms with Crippen LogP contribution in [0.25, 0.3) is 10.6 Å². The summed E-state index contributed by atoms with van der Waals surface area (Å²) >= 11 is 1.65. The minimum Gasteiger partial charge on any atom is -0.495 e. The molecule has 4 rings (SSSR count). The third-order valence-electron chi connectivity index (χ3n) is 4.63. The number of rotatable bonds is 4. The van der Waals surface area contributed by atoms with Crippen LogP contribution in [-0.2, 0) is 4.79 Å². The van der Waals surface area contributed by atoms with E-state index in [1.807, 2.05) is 44.3 Å². The Kier molecular flexibility index (Phi) is 4.24. The van der Waals surface area contributed by atoms with E-state index >= 15 is 0 Å². The number of H-pyrrole nitrogens is 1.